The van der Waals surface area contributed by atoms with Crippen LogP contribution in [-0.4, -0.2) is 43.6 Å². The molecule has 128 valence electrons. The molecule has 1 aliphatic heterocycles. The van der Waals surface area contributed by atoms with E-state index >= 15 is 0 Å². The zero-order valence-electron chi connectivity index (χ0n) is 13.2. The minimum atomic E-state index is -0.895. The van der Waals surface area contributed by atoms with E-state index in [4.69, 9.17) is 4.74 Å². The number of nitrogens with zero attached hydrogens (tertiary/aromatic N) is 1. The molecule has 0 unspecified atom stereocenters. The number of alkyl carbamates (subject to hydrolysis) is 1. The molecule has 0 atom stereocenters. The number of hydrogen-bond donors (Lipinski definition) is 1. The van der Waals surface area contributed by atoms with Gasteiger partial charge in [0, 0.05) is 18.7 Å². The number of carbonyl (C=O) groups is 4. The molecule has 1 saturated heterocycles. The van der Waals surface area contributed by atoms with E-state index in [0.29, 0.717) is 18.7 Å². The highest BCUT2D eigenvalue weighted by atomic mass is 16.6. The molecule has 1 fully saturated rings. The molecular weight excluding hydrogens is 316 g/mol. The average Bonchev–Trinajstić information content (AvgIpc) is 2.99. The van der Waals surface area contributed by atoms with E-state index in [-0.39, 0.29) is 18.1 Å². The highest BCUT2D eigenvalue weighted by Crippen LogP contribution is 2.22. The molecule has 0 aromatic heterocycles. The third-order valence-corrected chi connectivity index (χ3v) is 3.32. The molecule has 0 radical (unpaired) electrons. The van der Waals surface area contributed by atoms with Crippen LogP contribution in [0.15, 0.2) is 24.3 Å². The van der Waals surface area contributed by atoms with E-state index in [2.05, 4.69) is 4.74 Å². The Labute approximate surface area is 138 Å². The topological polar surface area (TPSA) is 102 Å². The summed E-state index contributed by atoms with van der Waals surface area (Å²) in [4.78, 5) is 47.8. The first kappa shape index (κ1) is 17.5. The molecule has 1 aliphatic rings. The van der Waals surface area contributed by atoms with Gasteiger partial charge in [-0.15, -0.1) is 0 Å². The fraction of sp³-hybridized carbons (Fsp3) is 0.375. The second kappa shape index (κ2) is 8.09. The summed E-state index contributed by atoms with van der Waals surface area (Å²) in [5.74, 6) is -1.50. The van der Waals surface area contributed by atoms with Gasteiger partial charge in [0.15, 0.2) is 6.61 Å². The lowest BCUT2D eigenvalue weighted by molar-refractivity contribution is -0.123. The van der Waals surface area contributed by atoms with Crippen LogP contribution in [0.5, 0.6) is 0 Å². The highest BCUT2D eigenvalue weighted by Gasteiger charge is 2.22. The third kappa shape index (κ3) is 4.55. The van der Waals surface area contributed by atoms with Crippen LogP contribution in [0.2, 0.25) is 0 Å². The van der Waals surface area contributed by atoms with E-state index in [1.807, 2.05) is 5.32 Å². The van der Waals surface area contributed by atoms with Crippen LogP contribution in [0.1, 0.15) is 30.1 Å². The van der Waals surface area contributed by atoms with Crippen LogP contribution in [0, 0.1) is 0 Å². The maximum Gasteiger partial charge on any atom is 0.413 e. The molecule has 0 saturated carbocycles. The quantitative estimate of drug-likeness (QED) is 0.813. The normalized spacial score (nSPS) is 13.5. The van der Waals surface area contributed by atoms with Crippen molar-refractivity contribution in [1.29, 1.82) is 0 Å². The lowest BCUT2D eigenvalue weighted by Gasteiger charge is -2.16. The molecule has 1 N–H and O–H groups in total. The highest BCUT2D eigenvalue weighted by molar-refractivity contribution is 5.98. The van der Waals surface area contributed by atoms with E-state index in [0.717, 1.165) is 6.42 Å². The van der Waals surface area contributed by atoms with E-state index < -0.39 is 24.6 Å². The minimum absolute atomic E-state index is 0.00864. The molecular formula is C16H18N2O6. The fourth-order valence-corrected chi connectivity index (χ4v) is 2.25. The largest absolute Gasteiger partial charge is 0.452 e. The van der Waals surface area contributed by atoms with Gasteiger partial charge in [0.05, 0.1) is 12.2 Å². The Balaban J connectivity index is 1.92. The van der Waals surface area contributed by atoms with Gasteiger partial charge in [-0.25, -0.2) is 9.59 Å². The number of esters is 1. The van der Waals surface area contributed by atoms with Gasteiger partial charge < -0.3 is 14.4 Å². The molecule has 1 aromatic rings. The number of anilines is 1. The zero-order chi connectivity index (χ0) is 17.5. The van der Waals surface area contributed by atoms with Gasteiger partial charge in [0.2, 0.25) is 5.91 Å². The maximum absolute atomic E-state index is 12.0. The number of benzene rings is 1. The molecule has 1 aromatic carbocycles. The Bertz CT molecular complexity index is 658. The van der Waals surface area contributed by atoms with Crippen molar-refractivity contribution >= 4 is 29.6 Å². The van der Waals surface area contributed by atoms with E-state index in [9.17, 15) is 19.2 Å². The van der Waals surface area contributed by atoms with Crippen molar-refractivity contribution in [3.8, 4) is 0 Å². The van der Waals surface area contributed by atoms with Gasteiger partial charge in [0.1, 0.15) is 0 Å². The lowest BCUT2D eigenvalue weighted by atomic mass is 10.2. The molecule has 24 heavy (non-hydrogen) atoms. The van der Waals surface area contributed by atoms with Gasteiger partial charge in [0.25, 0.3) is 5.91 Å². The summed E-state index contributed by atoms with van der Waals surface area (Å²) in [6.07, 6.45) is 0.373. The van der Waals surface area contributed by atoms with Gasteiger partial charge in [-0.05, 0) is 31.5 Å². The lowest BCUT2D eigenvalue weighted by Crippen LogP contribution is -2.34. The number of amides is 3. The summed E-state index contributed by atoms with van der Waals surface area (Å²) >= 11 is 0. The summed E-state index contributed by atoms with van der Waals surface area (Å²) in [5, 5.41) is 1.92. The number of rotatable bonds is 5. The molecule has 0 aliphatic carbocycles. The summed E-state index contributed by atoms with van der Waals surface area (Å²) in [6, 6.07) is 6.42. The van der Waals surface area contributed by atoms with Crippen molar-refractivity contribution < 1.29 is 28.7 Å². The van der Waals surface area contributed by atoms with Gasteiger partial charge >= 0.3 is 12.1 Å². The smallest absolute Gasteiger partial charge is 0.413 e. The van der Waals surface area contributed by atoms with Crippen molar-refractivity contribution in [2.75, 3.05) is 24.7 Å². The maximum atomic E-state index is 12.0. The minimum Gasteiger partial charge on any atom is -0.452 e. The average molecular weight is 334 g/mol. The van der Waals surface area contributed by atoms with Crippen LogP contribution in [-0.2, 0) is 19.1 Å². The first-order valence-electron chi connectivity index (χ1n) is 7.55. The van der Waals surface area contributed by atoms with Crippen molar-refractivity contribution in [2.45, 2.75) is 19.8 Å². The second-order valence-electron chi connectivity index (χ2n) is 5.04. The summed E-state index contributed by atoms with van der Waals surface area (Å²) in [5.41, 5.74) is 0.832. The van der Waals surface area contributed by atoms with Gasteiger partial charge in [-0.3, -0.25) is 14.9 Å². The molecule has 0 spiro atoms. The van der Waals surface area contributed by atoms with Crippen LogP contribution in [0.3, 0.4) is 0 Å². The SMILES string of the molecule is CCOC(=O)NC(=O)COC(=O)c1cccc(N2CCCC2=O)c1. The van der Waals surface area contributed by atoms with E-state index in [1.165, 1.54) is 12.1 Å². The van der Waals surface area contributed by atoms with Crippen LogP contribution >= 0.6 is 0 Å². The van der Waals surface area contributed by atoms with Gasteiger partial charge in [-0.1, -0.05) is 6.07 Å². The summed E-state index contributed by atoms with van der Waals surface area (Å²) < 4.78 is 9.39. The monoisotopic (exact) mass is 334 g/mol. The van der Waals surface area contributed by atoms with Crippen molar-refractivity contribution in [3.05, 3.63) is 29.8 Å². The van der Waals surface area contributed by atoms with Gasteiger partial charge in [-0.2, -0.15) is 0 Å². The predicted octanol–water partition coefficient (Wildman–Crippen LogP) is 1.24. The Hall–Kier alpha value is -2.90. The van der Waals surface area contributed by atoms with Crippen molar-refractivity contribution in [3.63, 3.8) is 0 Å². The van der Waals surface area contributed by atoms with Crippen molar-refractivity contribution in [2.24, 2.45) is 0 Å². The predicted molar refractivity (Wildman–Crippen MR) is 83.5 cm³/mol. The van der Waals surface area contributed by atoms with Crippen LogP contribution in [0.4, 0.5) is 10.5 Å². The molecule has 8 nitrogen and oxygen atoms in total. The van der Waals surface area contributed by atoms with Crippen LogP contribution in [0.25, 0.3) is 0 Å². The second-order valence-corrected chi connectivity index (χ2v) is 5.04. The third-order valence-electron chi connectivity index (χ3n) is 3.32. The zero-order valence-corrected chi connectivity index (χ0v) is 13.2. The molecule has 8 heteroatoms. The number of ether oxygens (including phenoxy) is 2. The first-order valence-corrected chi connectivity index (χ1v) is 7.55. The van der Waals surface area contributed by atoms with E-state index in [1.54, 1.807) is 24.0 Å². The molecule has 3 amide bonds. The molecule has 1 heterocycles. The van der Waals surface area contributed by atoms with Crippen molar-refractivity contribution in [1.82, 2.24) is 5.32 Å². The number of nitrogens with one attached hydrogen (secondary N) is 1. The summed E-state index contributed by atoms with van der Waals surface area (Å²) in [6.45, 7) is 1.73. The Morgan fingerprint density at radius 1 is 1.25 bits per heavy atom. The number of imide groups is 1. The Morgan fingerprint density at radius 3 is 2.71 bits per heavy atom. The Kier molecular flexibility index (Phi) is 5.89. The molecule has 2 rings (SSSR count). The Morgan fingerprint density at radius 2 is 2.04 bits per heavy atom. The summed E-state index contributed by atoms with van der Waals surface area (Å²) in [7, 11) is 0. The number of hydrogen-bond acceptors (Lipinski definition) is 6. The molecule has 0 bridgehead atoms. The fourth-order valence-electron chi connectivity index (χ4n) is 2.25. The van der Waals surface area contributed by atoms with Crippen LogP contribution < -0.4 is 10.2 Å². The first-order chi connectivity index (χ1) is 11.5. The number of carbonyl (C=O) groups excluding carboxylic acids is 4. The standard InChI is InChI=1S/C16H18N2O6/c1-2-23-16(22)17-13(19)10-24-15(21)11-5-3-6-12(9-11)18-8-4-7-14(18)20/h3,5-6,9H,2,4,7-8,10H2,1H3,(H,17,19,22).